The Morgan fingerprint density at radius 2 is 1.77 bits per heavy atom. The highest BCUT2D eigenvalue weighted by molar-refractivity contribution is 6.09. The number of hydrogen-bond acceptors (Lipinski definition) is 4. The van der Waals surface area contributed by atoms with Crippen LogP contribution in [0, 0.1) is 0 Å². The normalized spacial score (nSPS) is 14.9. The Kier molecular flexibility index (Phi) is 7.22. The molecule has 0 unspecified atom stereocenters. The average Bonchev–Trinajstić information content (AvgIpc) is 2.85. The van der Waals surface area contributed by atoms with Crippen LogP contribution in [-0.2, 0) is 14.3 Å². The summed E-state index contributed by atoms with van der Waals surface area (Å²) in [4.78, 5) is 40.8. The Balaban J connectivity index is 1.69. The minimum atomic E-state index is -0.220. The Bertz CT molecular complexity index is 897. The molecule has 0 radical (unpaired) electrons. The average molecular weight is 408 g/mol. The number of anilines is 1. The predicted molar refractivity (Wildman–Crippen MR) is 115 cm³/mol. The third kappa shape index (κ3) is 5.06. The minimum absolute atomic E-state index is 0.0120. The van der Waals surface area contributed by atoms with Crippen molar-refractivity contribution in [1.29, 1.82) is 0 Å². The van der Waals surface area contributed by atoms with Crippen LogP contribution in [0.1, 0.15) is 48.0 Å². The number of hydrogen-bond donors (Lipinski definition) is 0. The van der Waals surface area contributed by atoms with E-state index in [2.05, 4.69) is 0 Å². The third-order valence-electron chi connectivity index (χ3n) is 5.45. The lowest BCUT2D eigenvalue weighted by molar-refractivity contribution is -0.143. The van der Waals surface area contributed by atoms with Gasteiger partial charge in [0.05, 0.1) is 24.3 Å². The second-order valence-corrected chi connectivity index (χ2v) is 7.46. The summed E-state index contributed by atoms with van der Waals surface area (Å²) >= 11 is 0. The van der Waals surface area contributed by atoms with Gasteiger partial charge in [-0.15, -0.1) is 0 Å². The highest BCUT2D eigenvalue weighted by Crippen LogP contribution is 2.27. The van der Waals surface area contributed by atoms with Crippen LogP contribution in [0.4, 0.5) is 5.69 Å². The van der Waals surface area contributed by atoms with E-state index in [0.29, 0.717) is 37.2 Å². The van der Waals surface area contributed by atoms with Gasteiger partial charge in [0.2, 0.25) is 5.91 Å². The summed E-state index contributed by atoms with van der Waals surface area (Å²) in [6.45, 7) is 2.67. The van der Waals surface area contributed by atoms with E-state index in [9.17, 15) is 14.4 Å². The molecule has 2 amide bonds. The number of carbonyl (C=O) groups is 3. The van der Waals surface area contributed by atoms with E-state index in [1.165, 1.54) is 0 Å². The third-order valence-corrected chi connectivity index (χ3v) is 5.45. The summed E-state index contributed by atoms with van der Waals surface area (Å²) in [6, 6.07) is 17.1. The van der Waals surface area contributed by atoms with Crippen LogP contribution in [-0.4, -0.2) is 49.4 Å². The first-order chi connectivity index (χ1) is 14.5. The maximum Gasteiger partial charge on any atom is 0.306 e. The maximum atomic E-state index is 13.0. The number of carbonyl (C=O) groups excluding carboxylic acids is 3. The quantitative estimate of drug-likeness (QED) is 0.626. The van der Waals surface area contributed by atoms with E-state index >= 15 is 0 Å². The lowest BCUT2D eigenvalue weighted by Crippen LogP contribution is -2.38. The molecule has 0 saturated heterocycles. The summed E-state index contributed by atoms with van der Waals surface area (Å²) in [7, 11) is 1.70. The summed E-state index contributed by atoms with van der Waals surface area (Å²) in [5.41, 5.74) is 2.25. The molecule has 0 fully saturated rings. The van der Waals surface area contributed by atoms with Gasteiger partial charge in [0.15, 0.2) is 0 Å². The summed E-state index contributed by atoms with van der Waals surface area (Å²) in [6.07, 6.45) is 1.71. The lowest BCUT2D eigenvalue weighted by atomic mass is 9.91. The van der Waals surface area contributed by atoms with Crippen LogP contribution < -0.4 is 4.90 Å². The van der Waals surface area contributed by atoms with Gasteiger partial charge in [-0.1, -0.05) is 42.5 Å². The molecule has 0 bridgehead atoms. The lowest BCUT2D eigenvalue weighted by Gasteiger charge is -2.22. The molecule has 1 heterocycles. The van der Waals surface area contributed by atoms with E-state index in [1.807, 2.05) is 42.5 Å². The molecule has 2 aromatic carbocycles. The fraction of sp³-hybridized carbons (Fsp3) is 0.375. The fourth-order valence-electron chi connectivity index (χ4n) is 3.83. The van der Waals surface area contributed by atoms with Crippen LogP contribution in [0.15, 0.2) is 54.6 Å². The zero-order chi connectivity index (χ0) is 21.5. The first kappa shape index (κ1) is 21.6. The molecule has 30 heavy (non-hydrogen) atoms. The summed E-state index contributed by atoms with van der Waals surface area (Å²) < 4.78 is 5.14. The number of esters is 1. The van der Waals surface area contributed by atoms with Crippen molar-refractivity contribution >= 4 is 23.5 Å². The van der Waals surface area contributed by atoms with Gasteiger partial charge in [-0.05, 0) is 43.4 Å². The number of para-hydroxylation sites is 1. The number of likely N-dealkylation sites (N-methyl/N-ethyl adjacent to an activating group) is 1. The molecule has 0 aliphatic carbocycles. The van der Waals surface area contributed by atoms with E-state index < -0.39 is 0 Å². The molecule has 6 nitrogen and oxygen atoms in total. The van der Waals surface area contributed by atoms with Gasteiger partial charge < -0.3 is 14.5 Å². The molecule has 2 aromatic rings. The van der Waals surface area contributed by atoms with Crippen molar-refractivity contribution in [2.24, 2.45) is 0 Å². The van der Waals surface area contributed by atoms with Gasteiger partial charge in [-0.3, -0.25) is 14.4 Å². The van der Waals surface area contributed by atoms with Gasteiger partial charge in [0.1, 0.15) is 6.54 Å². The van der Waals surface area contributed by atoms with E-state index in [4.69, 9.17) is 4.74 Å². The Hall–Kier alpha value is -3.15. The Morgan fingerprint density at radius 3 is 2.50 bits per heavy atom. The highest BCUT2D eigenvalue weighted by atomic mass is 16.5. The summed E-state index contributed by atoms with van der Waals surface area (Å²) in [5.74, 6) is -0.453. The van der Waals surface area contributed by atoms with Crippen molar-refractivity contribution in [3.05, 3.63) is 65.7 Å². The molecule has 1 aliphatic heterocycles. The largest absolute Gasteiger partial charge is 0.466 e. The molecule has 0 aromatic heterocycles. The number of rotatable bonds is 8. The monoisotopic (exact) mass is 408 g/mol. The molecule has 0 N–H and O–H groups in total. The SMILES string of the molecule is CCOC(=O)C[C@H](CCCN1CC(=O)N(C)c2ccccc2C1=O)c1ccccc1. The van der Waals surface area contributed by atoms with Crippen molar-refractivity contribution in [2.45, 2.75) is 32.1 Å². The van der Waals surface area contributed by atoms with Crippen LogP contribution >= 0.6 is 0 Å². The molecule has 0 saturated carbocycles. The zero-order valence-corrected chi connectivity index (χ0v) is 17.5. The number of amides is 2. The van der Waals surface area contributed by atoms with Crippen molar-refractivity contribution < 1.29 is 19.1 Å². The highest BCUT2D eigenvalue weighted by Gasteiger charge is 2.29. The second-order valence-electron chi connectivity index (χ2n) is 7.46. The smallest absolute Gasteiger partial charge is 0.306 e. The topological polar surface area (TPSA) is 66.9 Å². The maximum absolute atomic E-state index is 13.0. The fourth-order valence-corrected chi connectivity index (χ4v) is 3.83. The first-order valence-electron chi connectivity index (χ1n) is 10.4. The molecule has 0 spiro atoms. The van der Waals surface area contributed by atoms with E-state index in [1.54, 1.807) is 35.9 Å². The van der Waals surface area contributed by atoms with Crippen molar-refractivity contribution in [2.75, 3.05) is 31.6 Å². The molecule has 1 atom stereocenters. The van der Waals surface area contributed by atoms with Crippen LogP contribution in [0.3, 0.4) is 0 Å². The van der Waals surface area contributed by atoms with Gasteiger partial charge >= 0.3 is 5.97 Å². The van der Waals surface area contributed by atoms with Crippen molar-refractivity contribution in [3.8, 4) is 0 Å². The molecular formula is C24H28N2O4. The van der Waals surface area contributed by atoms with Gasteiger partial charge in [0, 0.05) is 13.6 Å². The standard InChI is InChI=1S/C24H28N2O4/c1-3-30-23(28)16-19(18-10-5-4-6-11-18)12-9-15-26-17-22(27)25(2)21-14-8-7-13-20(21)24(26)29/h4-8,10-11,13-14,19H,3,9,12,15-17H2,1-2H3/t19-/m0/s1. The molecule has 1 aliphatic rings. The molecule has 158 valence electrons. The van der Waals surface area contributed by atoms with Crippen LogP contribution in [0.25, 0.3) is 0 Å². The van der Waals surface area contributed by atoms with Gasteiger partial charge in [-0.2, -0.15) is 0 Å². The zero-order valence-electron chi connectivity index (χ0n) is 17.5. The number of ether oxygens (including phenoxy) is 1. The molecule has 3 rings (SSSR count). The van der Waals surface area contributed by atoms with Gasteiger partial charge in [0.25, 0.3) is 5.91 Å². The number of benzene rings is 2. The van der Waals surface area contributed by atoms with Crippen molar-refractivity contribution in [1.82, 2.24) is 4.90 Å². The summed E-state index contributed by atoms with van der Waals surface area (Å²) in [5, 5.41) is 0. The Labute approximate surface area is 177 Å². The molecule has 6 heteroatoms. The number of fused-ring (bicyclic) bond motifs is 1. The van der Waals surface area contributed by atoms with Gasteiger partial charge in [-0.25, -0.2) is 0 Å². The molecular weight excluding hydrogens is 380 g/mol. The van der Waals surface area contributed by atoms with Crippen LogP contribution in [0.5, 0.6) is 0 Å². The van der Waals surface area contributed by atoms with Crippen LogP contribution in [0.2, 0.25) is 0 Å². The second kappa shape index (κ2) is 10.1. The van der Waals surface area contributed by atoms with E-state index in [0.717, 1.165) is 12.0 Å². The minimum Gasteiger partial charge on any atom is -0.466 e. The number of nitrogens with zero attached hydrogens (tertiary/aromatic N) is 2. The van der Waals surface area contributed by atoms with Crippen molar-refractivity contribution in [3.63, 3.8) is 0 Å². The first-order valence-corrected chi connectivity index (χ1v) is 10.4. The predicted octanol–water partition coefficient (Wildman–Crippen LogP) is 3.62. The Morgan fingerprint density at radius 1 is 1.07 bits per heavy atom. The van der Waals surface area contributed by atoms with E-state index in [-0.39, 0.29) is 30.2 Å².